The van der Waals surface area contributed by atoms with Crippen molar-refractivity contribution in [2.45, 2.75) is 20.8 Å². The van der Waals surface area contributed by atoms with E-state index in [4.69, 9.17) is 0 Å². The molecule has 0 unspecified atom stereocenters. The average molecular weight is 378 g/mol. The number of aromatic nitrogens is 1. The molecule has 0 bridgehead atoms. The van der Waals surface area contributed by atoms with Gasteiger partial charge in [0, 0.05) is 49.9 Å². The first kappa shape index (κ1) is 18.9. The Morgan fingerprint density at radius 2 is 1.77 bits per heavy atom. The molecule has 0 radical (unpaired) electrons. The lowest BCUT2D eigenvalue weighted by molar-refractivity contribution is 0.0638. The zero-order valence-electron chi connectivity index (χ0n) is 15.9. The quantitative estimate of drug-likeness (QED) is 0.883. The minimum Gasteiger partial charge on any atom is -0.350 e. The summed E-state index contributed by atoms with van der Waals surface area (Å²) in [6, 6.07) is 4.24. The van der Waals surface area contributed by atoms with Crippen LogP contribution in [0.25, 0.3) is 10.9 Å². The summed E-state index contributed by atoms with van der Waals surface area (Å²) in [5.41, 5.74) is 5.03. The maximum Gasteiger partial charge on any atom is 0.270 e. The second kappa shape index (κ2) is 7.04. The highest BCUT2D eigenvalue weighted by atomic mass is 32.2. The van der Waals surface area contributed by atoms with Gasteiger partial charge < -0.3 is 9.88 Å². The monoisotopic (exact) mass is 377 g/mol. The predicted molar refractivity (Wildman–Crippen MR) is 105 cm³/mol. The molecule has 3 rings (SSSR count). The van der Waals surface area contributed by atoms with Crippen LogP contribution in [0.3, 0.4) is 0 Å². The fourth-order valence-corrected chi connectivity index (χ4v) is 4.21. The number of aromatic amines is 1. The van der Waals surface area contributed by atoms with Crippen molar-refractivity contribution in [3.8, 4) is 0 Å². The van der Waals surface area contributed by atoms with Crippen molar-refractivity contribution >= 4 is 26.6 Å². The van der Waals surface area contributed by atoms with Gasteiger partial charge in [-0.2, -0.15) is 0 Å². The highest BCUT2D eigenvalue weighted by Crippen LogP contribution is 2.27. The number of nitrogens with zero attached hydrogens (tertiary/aromatic N) is 2. The van der Waals surface area contributed by atoms with Gasteiger partial charge >= 0.3 is 0 Å². The van der Waals surface area contributed by atoms with Crippen molar-refractivity contribution in [1.29, 1.82) is 0 Å². The largest absolute Gasteiger partial charge is 0.350 e. The summed E-state index contributed by atoms with van der Waals surface area (Å²) in [7, 11) is -2.95. The number of hydrogen-bond donors (Lipinski definition) is 1. The van der Waals surface area contributed by atoms with Gasteiger partial charge in [0.25, 0.3) is 5.91 Å². The Kier molecular flexibility index (Phi) is 5.12. The lowest BCUT2D eigenvalue weighted by Gasteiger charge is -2.34. The van der Waals surface area contributed by atoms with E-state index in [0.717, 1.165) is 22.0 Å². The second-order valence-electron chi connectivity index (χ2n) is 7.39. The zero-order chi connectivity index (χ0) is 19.1. The molecule has 1 N–H and O–H groups in total. The van der Waals surface area contributed by atoms with Crippen molar-refractivity contribution in [1.82, 2.24) is 14.8 Å². The van der Waals surface area contributed by atoms with Gasteiger partial charge in [0.1, 0.15) is 15.5 Å². The molecule has 0 atom stereocenters. The SMILES string of the molecule is Cc1cc(C)c2[nH]c(C(=O)N3CCN(CCS(C)(=O)=O)CC3)c(C)c2c1. The van der Waals surface area contributed by atoms with Crippen LogP contribution in [0.1, 0.15) is 27.2 Å². The summed E-state index contributed by atoms with van der Waals surface area (Å²) >= 11 is 0. The summed E-state index contributed by atoms with van der Waals surface area (Å²) < 4.78 is 22.6. The Morgan fingerprint density at radius 3 is 2.38 bits per heavy atom. The molecule has 1 fully saturated rings. The van der Waals surface area contributed by atoms with E-state index in [-0.39, 0.29) is 11.7 Å². The van der Waals surface area contributed by atoms with E-state index in [1.807, 2.05) is 11.8 Å². The molecule has 1 aliphatic heterocycles. The number of amides is 1. The van der Waals surface area contributed by atoms with Crippen LogP contribution in [0.15, 0.2) is 12.1 Å². The third-order valence-corrected chi connectivity index (χ3v) is 6.08. The number of rotatable bonds is 4. The molecule has 0 spiro atoms. The molecule has 1 saturated heterocycles. The number of H-pyrrole nitrogens is 1. The third kappa shape index (κ3) is 3.94. The zero-order valence-corrected chi connectivity index (χ0v) is 16.7. The van der Waals surface area contributed by atoms with Crippen molar-refractivity contribution in [2.24, 2.45) is 0 Å². The first-order valence-electron chi connectivity index (χ1n) is 8.94. The first-order valence-corrected chi connectivity index (χ1v) is 11.0. The minimum atomic E-state index is -2.95. The van der Waals surface area contributed by atoms with Crippen LogP contribution < -0.4 is 0 Å². The molecule has 7 heteroatoms. The van der Waals surface area contributed by atoms with E-state index in [9.17, 15) is 13.2 Å². The summed E-state index contributed by atoms with van der Waals surface area (Å²) in [6.45, 7) is 9.30. The number of aryl methyl sites for hydroxylation is 3. The highest BCUT2D eigenvalue weighted by molar-refractivity contribution is 7.90. The van der Waals surface area contributed by atoms with Gasteiger partial charge in [-0.15, -0.1) is 0 Å². The maximum atomic E-state index is 13.0. The number of carbonyl (C=O) groups excluding carboxylic acids is 1. The van der Waals surface area contributed by atoms with E-state index >= 15 is 0 Å². The number of hydrogen-bond acceptors (Lipinski definition) is 4. The van der Waals surface area contributed by atoms with Crippen LogP contribution in [-0.4, -0.2) is 73.8 Å². The van der Waals surface area contributed by atoms with E-state index in [1.165, 1.54) is 11.8 Å². The molecule has 142 valence electrons. The van der Waals surface area contributed by atoms with Gasteiger partial charge in [0.15, 0.2) is 0 Å². The number of piperazine rings is 1. The predicted octanol–water partition coefficient (Wildman–Crippen LogP) is 1.90. The maximum absolute atomic E-state index is 13.0. The molecule has 1 amide bonds. The number of benzene rings is 1. The summed E-state index contributed by atoms with van der Waals surface area (Å²) in [6.07, 6.45) is 1.26. The Balaban J connectivity index is 1.72. The molecular weight excluding hydrogens is 350 g/mol. The first-order chi connectivity index (χ1) is 12.2. The molecule has 26 heavy (non-hydrogen) atoms. The van der Waals surface area contributed by atoms with Gasteiger partial charge in [-0.1, -0.05) is 11.6 Å². The van der Waals surface area contributed by atoms with Gasteiger partial charge in [-0.25, -0.2) is 8.42 Å². The summed E-state index contributed by atoms with van der Waals surface area (Å²) in [5.74, 6) is 0.194. The molecule has 6 nitrogen and oxygen atoms in total. The smallest absolute Gasteiger partial charge is 0.270 e. The van der Waals surface area contributed by atoms with Gasteiger partial charge in [-0.05, 0) is 38.0 Å². The lowest BCUT2D eigenvalue weighted by Crippen LogP contribution is -2.49. The fourth-order valence-electron chi connectivity index (χ4n) is 3.62. The summed E-state index contributed by atoms with van der Waals surface area (Å²) in [4.78, 5) is 20.3. The van der Waals surface area contributed by atoms with Gasteiger partial charge in [-0.3, -0.25) is 9.69 Å². The Labute approximate surface area is 155 Å². The highest BCUT2D eigenvalue weighted by Gasteiger charge is 2.25. The van der Waals surface area contributed by atoms with E-state index in [0.29, 0.717) is 38.4 Å². The molecule has 1 aromatic heterocycles. The van der Waals surface area contributed by atoms with Crippen molar-refractivity contribution in [2.75, 3.05) is 44.7 Å². The molecule has 1 aliphatic rings. The minimum absolute atomic E-state index is 0.0264. The van der Waals surface area contributed by atoms with Crippen molar-refractivity contribution in [3.63, 3.8) is 0 Å². The van der Waals surface area contributed by atoms with E-state index in [1.54, 1.807) is 0 Å². The molecule has 0 saturated carbocycles. The van der Waals surface area contributed by atoms with Gasteiger partial charge in [0.05, 0.1) is 5.75 Å². The second-order valence-corrected chi connectivity index (χ2v) is 9.65. The molecular formula is C19H27N3O3S. The van der Waals surface area contributed by atoms with Crippen LogP contribution in [0.4, 0.5) is 0 Å². The van der Waals surface area contributed by atoms with Crippen LogP contribution >= 0.6 is 0 Å². The topological polar surface area (TPSA) is 73.5 Å². The van der Waals surface area contributed by atoms with E-state index in [2.05, 4.69) is 35.9 Å². The van der Waals surface area contributed by atoms with Crippen LogP contribution in [0.5, 0.6) is 0 Å². The average Bonchev–Trinajstić information content (AvgIpc) is 2.90. The Morgan fingerprint density at radius 1 is 1.12 bits per heavy atom. The van der Waals surface area contributed by atoms with Crippen LogP contribution in [-0.2, 0) is 9.84 Å². The standard InChI is InChI=1S/C19H27N3O3S/c1-13-11-14(2)17-16(12-13)15(3)18(20-17)19(23)22-7-5-21(6-8-22)9-10-26(4,24)25/h11-12,20H,5-10H2,1-4H3. The fraction of sp³-hybridized carbons (Fsp3) is 0.526. The van der Waals surface area contributed by atoms with E-state index < -0.39 is 9.84 Å². The molecule has 0 aliphatic carbocycles. The van der Waals surface area contributed by atoms with Crippen molar-refractivity contribution in [3.05, 3.63) is 34.5 Å². The Hall–Kier alpha value is -1.86. The van der Waals surface area contributed by atoms with Crippen LogP contribution in [0, 0.1) is 20.8 Å². The number of fused-ring (bicyclic) bond motifs is 1. The Bertz CT molecular complexity index is 939. The van der Waals surface area contributed by atoms with Gasteiger partial charge in [0.2, 0.25) is 0 Å². The molecule has 2 aromatic rings. The number of nitrogens with one attached hydrogen (secondary N) is 1. The number of carbonyl (C=O) groups is 1. The van der Waals surface area contributed by atoms with Crippen LogP contribution in [0.2, 0.25) is 0 Å². The molecule has 1 aromatic carbocycles. The molecule has 2 heterocycles. The normalized spacial score (nSPS) is 16.4. The number of sulfone groups is 1. The summed E-state index contributed by atoms with van der Waals surface area (Å²) in [5, 5.41) is 1.11. The lowest BCUT2D eigenvalue weighted by atomic mass is 10.1. The third-order valence-electron chi connectivity index (χ3n) is 5.16. The van der Waals surface area contributed by atoms with Crippen molar-refractivity contribution < 1.29 is 13.2 Å².